The Morgan fingerprint density at radius 3 is 2.45 bits per heavy atom. The van der Waals surface area contributed by atoms with Crippen molar-refractivity contribution in [2.45, 2.75) is 50.4 Å². The summed E-state index contributed by atoms with van der Waals surface area (Å²) in [4.78, 5) is 31.3. The standard InChI is InChI=1S/C38H40F3N7O3/c1-25-21-47(33-13-11-27(20-42)35-31(33)10-7-15-43-35)23-29(51-25)22-45-16-18-46(19-17-45)34-14-12-30-26(2)48(24-32(30)44-34)36(49)37(50-3,38(39,40)41)28-8-5-4-6-9-28/h4-15,25-26,29H,16-19,21-24H2,1-3H3/t25-,26-,29+,37?/m1/s1. The third kappa shape index (κ3) is 6.26. The van der Waals surface area contributed by atoms with Crippen LogP contribution in [0.5, 0.6) is 0 Å². The Hall–Kier alpha value is -4.77. The maximum absolute atomic E-state index is 14.7. The van der Waals surface area contributed by atoms with Gasteiger partial charge in [0.25, 0.3) is 11.5 Å². The topological polar surface area (TPSA) is 98.1 Å². The maximum atomic E-state index is 14.7. The third-order valence-corrected chi connectivity index (χ3v) is 10.4. The summed E-state index contributed by atoms with van der Waals surface area (Å²) < 4.78 is 55.5. The van der Waals surface area contributed by atoms with E-state index in [1.54, 1.807) is 19.2 Å². The van der Waals surface area contributed by atoms with Crippen LogP contribution >= 0.6 is 0 Å². The first-order valence-corrected chi connectivity index (χ1v) is 17.2. The zero-order valence-electron chi connectivity index (χ0n) is 28.8. The number of ether oxygens (including phenoxy) is 2. The van der Waals surface area contributed by atoms with Crippen molar-refractivity contribution >= 4 is 28.3 Å². The van der Waals surface area contributed by atoms with E-state index in [2.05, 4.69) is 32.7 Å². The van der Waals surface area contributed by atoms with Crippen LogP contribution in [0.4, 0.5) is 24.7 Å². The number of anilines is 2. The Balaban J connectivity index is 1.01. The highest BCUT2D eigenvalue weighted by atomic mass is 19.4. The molecule has 266 valence electrons. The van der Waals surface area contributed by atoms with E-state index < -0.39 is 23.7 Å². The fourth-order valence-corrected chi connectivity index (χ4v) is 7.82. The summed E-state index contributed by atoms with van der Waals surface area (Å²) in [6.45, 7) is 8.98. The fourth-order valence-electron chi connectivity index (χ4n) is 7.82. The summed E-state index contributed by atoms with van der Waals surface area (Å²) in [5, 5.41) is 10.5. The van der Waals surface area contributed by atoms with Crippen molar-refractivity contribution in [3.63, 3.8) is 0 Å². The zero-order valence-corrected chi connectivity index (χ0v) is 28.8. The van der Waals surface area contributed by atoms with Crippen LogP contribution in [0.3, 0.4) is 0 Å². The number of benzene rings is 2. The Kier molecular flexibility index (Phi) is 9.34. The molecule has 2 aromatic carbocycles. The largest absolute Gasteiger partial charge is 0.430 e. The van der Waals surface area contributed by atoms with Crippen LogP contribution in [-0.2, 0) is 26.4 Å². The summed E-state index contributed by atoms with van der Waals surface area (Å²) in [7, 11) is 0.925. The number of hydrogen-bond acceptors (Lipinski definition) is 9. The van der Waals surface area contributed by atoms with Gasteiger partial charge in [0.1, 0.15) is 11.9 Å². The monoisotopic (exact) mass is 699 g/mol. The summed E-state index contributed by atoms with van der Waals surface area (Å²) in [5.74, 6) is -0.423. The lowest BCUT2D eigenvalue weighted by Crippen LogP contribution is -2.56. The highest BCUT2D eigenvalue weighted by molar-refractivity contribution is 5.95. The lowest BCUT2D eigenvalue weighted by Gasteiger charge is -2.42. The number of fused-ring (bicyclic) bond motifs is 2. The van der Waals surface area contributed by atoms with Crippen molar-refractivity contribution in [2.24, 2.45) is 0 Å². The summed E-state index contributed by atoms with van der Waals surface area (Å²) in [6.07, 6.45) is -3.27. The molecule has 0 N–H and O–H groups in total. The number of methoxy groups -OCH3 is 1. The van der Waals surface area contributed by atoms with E-state index >= 15 is 0 Å². The summed E-state index contributed by atoms with van der Waals surface area (Å²) in [6, 6.07) is 20.2. The minimum atomic E-state index is -4.98. The van der Waals surface area contributed by atoms with Crippen molar-refractivity contribution in [3.8, 4) is 6.07 Å². The van der Waals surface area contributed by atoms with Crippen LogP contribution in [0.15, 0.2) is 72.9 Å². The second-order valence-corrected chi connectivity index (χ2v) is 13.5. The average molecular weight is 700 g/mol. The number of nitrogens with zero attached hydrogens (tertiary/aromatic N) is 7. The zero-order chi connectivity index (χ0) is 35.9. The first-order valence-electron chi connectivity index (χ1n) is 17.2. The van der Waals surface area contributed by atoms with Gasteiger partial charge in [0.05, 0.1) is 41.6 Å². The number of nitriles is 1. The second-order valence-electron chi connectivity index (χ2n) is 13.5. The van der Waals surface area contributed by atoms with Gasteiger partial charge in [-0.05, 0) is 49.7 Å². The van der Waals surface area contributed by atoms with Gasteiger partial charge in [-0.1, -0.05) is 36.4 Å². The number of hydrogen-bond donors (Lipinski definition) is 0. The van der Waals surface area contributed by atoms with Crippen molar-refractivity contribution in [3.05, 3.63) is 95.3 Å². The smallest absolute Gasteiger partial charge is 0.370 e. The van der Waals surface area contributed by atoms with Gasteiger partial charge in [-0.2, -0.15) is 18.4 Å². The lowest BCUT2D eigenvalue weighted by molar-refractivity contribution is -0.271. The molecule has 0 saturated carbocycles. The maximum Gasteiger partial charge on any atom is 0.430 e. The molecule has 0 aliphatic carbocycles. The number of carbonyl (C=O) groups excluding carboxylic acids is 1. The number of amides is 1. The molecule has 2 saturated heterocycles. The molecule has 0 spiro atoms. The van der Waals surface area contributed by atoms with Gasteiger partial charge in [0, 0.05) is 75.8 Å². The number of alkyl halides is 3. The van der Waals surface area contributed by atoms with Gasteiger partial charge in [0.2, 0.25) is 0 Å². The van der Waals surface area contributed by atoms with Gasteiger partial charge in [-0.15, -0.1) is 0 Å². The van der Waals surface area contributed by atoms with E-state index in [-0.39, 0.29) is 24.3 Å². The minimum absolute atomic E-state index is 0.0161. The third-order valence-electron chi connectivity index (χ3n) is 10.4. The quantitative estimate of drug-likeness (QED) is 0.251. The Bertz CT molecular complexity index is 1950. The molecule has 13 heteroatoms. The molecule has 1 amide bonds. The highest BCUT2D eigenvalue weighted by Crippen LogP contribution is 2.46. The van der Waals surface area contributed by atoms with E-state index in [4.69, 9.17) is 14.5 Å². The van der Waals surface area contributed by atoms with Crippen LogP contribution in [0, 0.1) is 11.3 Å². The molecule has 3 aliphatic heterocycles. The van der Waals surface area contributed by atoms with E-state index in [1.807, 2.05) is 36.4 Å². The number of morpholine rings is 1. The number of piperazine rings is 1. The lowest BCUT2D eigenvalue weighted by atomic mass is 9.90. The first-order chi connectivity index (χ1) is 24.5. The van der Waals surface area contributed by atoms with Gasteiger partial charge in [0.15, 0.2) is 0 Å². The molecule has 2 fully saturated rings. The normalized spacial score (nSPS) is 22.5. The molecule has 3 aliphatic rings. The van der Waals surface area contributed by atoms with Gasteiger partial charge < -0.3 is 24.2 Å². The molecule has 7 rings (SSSR count). The second kappa shape index (κ2) is 13.7. The van der Waals surface area contributed by atoms with Crippen molar-refractivity contribution in [1.82, 2.24) is 19.8 Å². The van der Waals surface area contributed by atoms with Crippen molar-refractivity contribution in [2.75, 3.05) is 62.7 Å². The van der Waals surface area contributed by atoms with Gasteiger partial charge in [-0.25, -0.2) is 4.98 Å². The van der Waals surface area contributed by atoms with E-state index in [0.717, 1.165) is 68.8 Å². The predicted molar refractivity (Wildman–Crippen MR) is 186 cm³/mol. The average Bonchev–Trinajstić information content (AvgIpc) is 3.46. The Labute approximate surface area is 295 Å². The molecular weight excluding hydrogens is 659 g/mol. The summed E-state index contributed by atoms with van der Waals surface area (Å²) >= 11 is 0. The van der Waals surface area contributed by atoms with Crippen LogP contribution < -0.4 is 9.80 Å². The van der Waals surface area contributed by atoms with Gasteiger partial charge >= 0.3 is 6.18 Å². The molecular formula is C38H40F3N7O3. The number of halogens is 3. The van der Waals surface area contributed by atoms with E-state index in [1.165, 1.54) is 29.2 Å². The minimum Gasteiger partial charge on any atom is -0.370 e. The molecule has 5 heterocycles. The van der Waals surface area contributed by atoms with Crippen LogP contribution in [-0.4, -0.2) is 97.0 Å². The van der Waals surface area contributed by atoms with Crippen molar-refractivity contribution in [1.29, 1.82) is 5.26 Å². The molecule has 4 atom stereocenters. The molecule has 0 bridgehead atoms. The molecule has 4 aromatic rings. The first kappa shape index (κ1) is 34.7. The summed E-state index contributed by atoms with van der Waals surface area (Å²) in [5.41, 5.74) is 0.228. The van der Waals surface area contributed by atoms with Gasteiger partial charge in [-0.3, -0.25) is 14.7 Å². The van der Waals surface area contributed by atoms with Crippen LogP contribution in [0.1, 0.15) is 42.3 Å². The predicted octanol–water partition coefficient (Wildman–Crippen LogP) is 5.42. The van der Waals surface area contributed by atoms with Crippen molar-refractivity contribution < 1.29 is 27.4 Å². The Morgan fingerprint density at radius 2 is 1.75 bits per heavy atom. The molecule has 2 aromatic heterocycles. The highest BCUT2D eigenvalue weighted by Gasteiger charge is 2.64. The molecule has 0 radical (unpaired) electrons. The van der Waals surface area contributed by atoms with E-state index in [9.17, 15) is 23.2 Å². The van der Waals surface area contributed by atoms with Crippen LogP contribution in [0.25, 0.3) is 10.9 Å². The van der Waals surface area contributed by atoms with Crippen LogP contribution in [0.2, 0.25) is 0 Å². The number of pyridine rings is 2. The SMILES string of the molecule is COC(C(=O)N1Cc2nc(N3CCN(C[C@H]4CN(c5ccc(C#N)c6ncccc56)C[C@@H](C)O4)CC3)ccc2[C@H]1C)(c1ccccc1)C(F)(F)F. The fraction of sp³-hybridized carbons (Fsp3) is 0.421. The molecule has 51 heavy (non-hydrogen) atoms. The molecule has 1 unspecified atom stereocenters. The van der Waals surface area contributed by atoms with E-state index in [0.29, 0.717) is 23.3 Å². The molecule has 10 nitrogen and oxygen atoms in total. The Morgan fingerprint density at radius 1 is 0.980 bits per heavy atom. The number of aromatic nitrogens is 2. The number of carbonyl (C=O) groups is 1. The number of rotatable bonds is 7.